The lowest BCUT2D eigenvalue weighted by atomic mass is 10.1. The van der Waals surface area contributed by atoms with Crippen LogP contribution >= 0.6 is 0 Å². The van der Waals surface area contributed by atoms with Crippen LogP contribution in [0.3, 0.4) is 0 Å². The molecule has 0 heterocycles. The average Bonchev–Trinajstić information content (AvgIpc) is 2.16. The lowest BCUT2D eigenvalue weighted by Crippen LogP contribution is -2.15. The molecule has 0 fully saturated rings. The van der Waals surface area contributed by atoms with Crippen molar-refractivity contribution >= 4 is 5.84 Å². The Balaban J connectivity index is 3.10. The lowest BCUT2D eigenvalue weighted by molar-refractivity contribution is 0.411. The van der Waals surface area contributed by atoms with E-state index in [1.54, 1.807) is 7.11 Å². The van der Waals surface area contributed by atoms with Gasteiger partial charge in [0.15, 0.2) is 0 Å². The van der Waals surface area contributed by atoms with Gasteiger partial charge in [0.05, 0.1) is 7.11 Å². The van der Waals surface area contributed by atoms with Gasteiger partial charge in [-0.2, -0.15) is 5.10 Å². The van der Waals surface area contributed by atoms with Crippen LogP contribution in [0.2, 0.25) is 0 Å². The number of ether oxygens (including phenoxy) is 1. The third-order valence-electron chi connectivity index (χ3n) is 1.83. The van der Waals surface area contributed by atoms with Crippen molar-refractivity contribution in [2.45, 2.75) is 6.92 Å². The number of aryl methyl sites for hydroxylation is 1. The zero-order chi connectivity index (χ0) is 9.84. The second-order valence-electron chi connectivity index (χ2n) is 2.70. The highest BCUT2D eigenvalue weighted by molar-refractivity contribution is 5.97. The van der Waals surface area contributed by atoms with Crippen molar-refractivity contribution in [2.24, 2.45) is 16.7 Å². The van der Waals surface area contributed by atoms with Crippen molar-refractivity contribution in [3.8, 4) is 5.75 Å². The van der Waals surface area contributed by atoms with Gasteiger partial charge in [-0.1, -0.05) is 0 Å². The van der Waals surface area contributed by atoms with Crippen molar-refractivity contribution in [1.82, 2.24) is 0 Å². The molecule has 4 nitrogen and oxygen atoms in total. The van der Waals surface area contributed by atoms with Gasteiger partial charge >= 0.3 is 0 Å². The summed E-state index contributed by atoms with van der Waals surface area (Å²) in [5.41, 5.74) is 7.35. The SMILES string of the molecule is COc1ccc(/C(N)=N/N)cc1C. The van der Waals surface area contributed by atoms with Crippen LogP contribution in [0.5, 0.6) is 5.75 Å². The second-order valence-corrected chi connectivity index (χ2v) is 2.70. The first-order valence-corrected chi connectivity index (χ1v) is 3.87. The quantitative estimate of drug-likeness (QED) is 0.302. The number of nitrogens with two attached hydrogens (primary N) is 2. The predicted octanol–water partition coefficient (Wildman–Crippen LogP) is 0.583. The van der Waals surface area contributed by atoms with Gasteiger partial charge in [0.25, 0.3) is 0 Å². The molecule has 0 saturated heterocycles. The Morgan fingerprint density at radius 2 is 2.15 bits per heavy atom. The van der Waals surface area contributed by atoms with Crippen LogP contribution in [0.4, 0.5) is 0 Å². The Morgan fingerprint density at radius 1 is 1.46 bits per heavy atom. The fourth-order valence-corrected chi connectivity index (χ4v) is 1.11. The Morgan fingerprint density at radius 3 is 2.62 bits per heavy atom. The van der Waals surface area contributed by atoms with Crippen molar-refractivity contribution in [2.75, 3.05) is 7.11 Å². The molecule has 0 aliphatic rings. The highest BCUT2D eigenvalue weighted by atomic mass is 16.5. The summed E-state index contributed by atoms with van der Waals surface area (Å²) in [5.74, 6) is 6.21. The fourth-order valence-electron chi connectivity index (χ4n) is 1.11. The molecule has 0 bridgehead atoms. The molecule has 1 aromatic rings. The van der Waals surface area contributed by atoms with Gasteiger partial charge in [-0.25, -0.2) is 0 Å². The molecule has 13 heavy (non-hydrogen) atoms. The molecule has 1 aromatic carbocycles. The van der Waals surface area contributed by atoms with E-state index in [-0.39, 0.29) is 0 Å². The number of hydrogen-bond donors (Lipinski definition) is 2. The van der Waals surface area contributed by atoms with E-state index in [2.05, 4.69) is 5.10 Å². The third-order valence-corrected chi connectivity index (χ3v) is 1.83. The maximum Gasteiger partial charge on any atom is 0.150 e. The molecule has 0 unspecified atom stereocenters. The monoisotopic (exact) mass is 179 g/mol. The molecule has 0 aromatic heterocycles. The van der Waals surface area contributed by atoms with E-state index >= 15 is 0 Å². The lowest BCUT2D eigenvalue weighted by Gasteiger charge is -2.06. The smallest absolute Gasteiger partial charge is 0.150 e. The summed E-state index contributed by atoms with van der Waals surface area (Å²) in [6.45, 7) is 1.94. The van der Waals surface area contributed by atoms with E-state index < -0.39 is 0 Å². The van der Waals surface area contributed by atoms with Gasteiger partial charge in [-0.05, 0) is 30.7 Å². The molecule has 4 heteroatoms. The van der Waals surface area contributed by atoms with Gasteiger partial charge in [0.2, 0.25) is 0 Å². The van der Waals surface area contributed by atoms with E-state index in [0.29, 0.717) is 5.84 Å². The van der Waals surface area contributed by atoms with Crippen LogP contribution in [-0.4, -0.2) is 12.9 Å². The highest BCUT2D eigenvalue weighted by Gasteiger charge is 2.02. The molecule has 0 radical (unpaired) electrons. The molecule has 0 aliphatic heterocycles. The predicted molar refractivity (Wildman–Crippen MR) is 52.6 cm³/mol. The summed E-state index contributed by atoms with van der Waals surface area (Å²) < 4.78 is 5.10. The van der Waals surface area contributed by atoms with E-state index in [1.807, 2.05) is 25.1 Å². The second kappa shape index (κ2) is 3.80. The first kappa shape index (κ1) is 9.38. The first-order chi connectivity index (χ1) is 6.19. The minimum Gasteiger partial charge on any atom is -0.496 e. The minimum atomic E-state index is 0.325. The van der Waals surface area contributed by atoms with Gasteiger partial charge in [-0.3, -0.25) is 0 Å². The number of hydrogen-bond acceptors (Lipinski definition) is 3. The van der Waals surface area contributed by atoms with Crippen LogP contribution in [0.1, 0.15) is 11.1 Å². The van der Waals surface area contributed by atoms with Crippen LogP contribution in [0.25, 0.3) is 0 Å². The zero-order valence-corrected chi connectivity index (χ0v) is 7.74. The summed E-state index contributed by atoms with van der Waals surface area (Å²) in [6.07, 6.45) is 0. The largest absolute Gasteiger partial charge is 0.496 e. The van der Waals surface area contributed by atoms with Crippen molar-refractivity contribution in [3.63, 3.8) is 0 Å². The standard InChI is InChI=1S/C9H13N3O/c1-6-5-7(9(10)12-11)3-4-8(6)13-2/h3-5H,11H2,1-2H3,(H2,10,12). The number of amidine groups is 1. The number of methoxy groups -OCH3 is 1. The summed E-state index contributed by atoms with van der Waals surface area (Å²) in [4.78, 5) is 0. The van der Waals surface area contributed by atoms with Gasteiger partial charge < -0.3 is 16.3 Å². The third kappa shape index (κ3) is 1.90. The Hall–Kier alpha value is -1.71. The molecule has 4 N–H and O–H groups in total. The Labute approximate surface area is 77.2 Å². The fraction of sp³-hybridized carbons (Fsp3) is 0.222. The van der Waals surface area contributed by atoms with Crippen molar-refractivity contribution in [1.29, 1.82) is 0 Å². The maximum atomic E-state index is 5.54. The van der Waals surface area contributed by atoms with Gasteiger partial charge in [-0.15, -0.1) is 0 Å². The number of hydrazone groups is 1. The van der Waals surface area contributed by atoms with E-state index in [0.717, 1.165) is 16.9 Å². The molecule has 0 atom stereocenters. The number of nitrogens with zero attached hydrogens (tertiary/aromatic N) is 1. The van der Waals surface area contributed by atoms with Crippen molar-refractivity contribution < 1.29 is 4.74 Å². The Bertz CT molecular complexity index is 334. The van der Waals surface area contributed by atoms with Gasteiger partial charge in [0, 0.05) is 5.56 Å². The number of rotatable bonds is 2. The highest BCUT2D eigenvalue weighted by Crippen LogP contribution is 2.17. The average molecular weight is 179 g/mol. The minimum absolute atomic E-state index is 0.325. The first-order valence-electron chi connectivity index (χ1n) is 3.87. The maximum absolute atomic E-state index is 5.54. The van der Waals surface area contributed by atoms with Crippen LogP contribution in [0.15, 0.2) is 23.3 Å². The summed E-state index contributed by atoms with van der Waals surface area (Å²) >= 11 is 0. The molecule has 1 rings (SSSR count). The normalized spacial score (nSPS) is 11.4. The summed E-state index contributed by atoms with van der Waals surface area (Å²) in [7, 11) is 1.63. The molecule has 0 amide bonds. The molecule has 0 saturated carbocycles. The topological polar surface area (TPSA) is 73.6 Å². The zero-order valence-electron chi connectivity index (χ0n) is 7.74. The molecular formula is C9H13N3O. The molecule has 70 valence electrons. The molecule has 0 spiro atoms. The van der Waals surface area contributed by atoms with Crippen LogP contribution in [0, 0.1) is 6.92 Å². The van der Waals surface area contributed by atoms with E-state index in [9.17, 15) is 0 Å². The van der Waals surface area contributed by atoms with Crippen LogP contribution in [-0.2, 0) is 0 Å². The van der Waals surface area contributed by atoms with Crippen LogP contribution < -0.4 is 16.3 Å². The van der Waals surface area contributed by atoms with Gasteiger partial charge in [0.1, 0.15) is 11.6 Å². The molecular weight excluding hydrogens is 166 g/mol. The summed E-state index contributed by atoms with van der Waals surface area (Å²) in [6, 6.07) is 5.53. The van der Waals surface area contributed by atoms with E-state index in [4.69, 9.17) is 16.3 Å². The van der Waals surface area contributed by atoms with E-state index in [1.165, 1.54) is 0 Å². The molecule has 0 aliphatic carbocycles. The summed E-state index contributed by atoms with van der Waals surface area (Å²) in [5, 5.41) is 3.41. The Kier molecular flexibility index (Phi) is 2.74. The van der Waals surface area contributed by atoms with Crippen molar-refractivity contribution in [3.05, 3.63) is 29.3 Å². The number of benzene rings is 1.